The minimum Gasteiger partial charge on any atom is -0.497 e. The number of carbonyl (C=O) groups excluding carboxylic acids is 1. The minimum absolute atomic E-state index is 0.0266. The zero-order valence-electron chi connectivity index (χ0n) is 12.8. The molecule has 1 atom stereocenters. The molecule has 1 fully saturated rings. The largest absolute Gasteiger partial charge is 0.497 e. The van der Waals surface area contributed by atoms with Crippen LogP contribution in [0.3, 0.4) is 0 Å². The van der Waals surface area contributed by atoms with Crippen molar-refractivity contribution in [2.24, 2.45) is 0 Å². The van der Waals surface area contributed by atoms with Gasteiger partial charge in [0.2, 0.25) is 0 Å². The number of rotatable bonds is 4. The number of nitrogens with one attached hydrogen (secondary N) is 2. The molecule has 1 saturated carbocycles. The van der Waals surface area contributed by atoms with Gasteiger partial charge >= 0.3 is 0 Å². The van der Waals surface area contributed by atoms with E-state index in [-0.39, 0.29) is 5.91 Å². The van der Waals surface area contributed by atoms with Gasteiger partial charge in [0.25, 0.3) is 5.91 Å². The van der Waals surface area contributed by atoms with Gasteiger partial charge in [0.05, 0.1) is 12.8 Å². The maximum absolute atomic E-state index is 12.6. The molecule has 0 radical (unpaired) electrons. The molecule has 118 valence electrons. The van der Waals surface area contributed by atoms with E-state index in [9.17, 15) is 4.79 Å². The number of nitrogens with zero attached hydrogens (tertiary/aromatic N) is 2. The van der Waals surface area contributed by atoms with Crippen LogP contribution in [0.4, 0.5) is 17.2 Å². The highest BCUT2D eigenvalue weighted by molar-refractivity contribution is 5.96. The first-order valence-electron chi connectivity index (χ1n) is 7.71. The molecule has 2 aliphatic rings. The quantitative estimate of drug-likeness (QED) is 0.907. The third-order valence-corrected chi connectivity index (χ3v) is 4.09. The van der Waals surface area contributed by atoms with Gasteiger partial charge in [-0.25, -0.2) is 4.98 Å². The lowest BCUT2D eigenvalue weighted by Gasteiger charge is -2.25. The van der Waals surface area contributed by atoms with Gasteiger partial charge in [-0.3, -0.25) is 9.69 Å². The molecule has 1 unspecified atom stereocenters. The summed E-state index contributed by atoms with van der Waals surface area (Å²) in [6.07, 6.45) is 3.37. The molecule has 6 nitrogen and oxygen atoms in total. The van der Waals surface area contributed by atoms with Crippen molar-refractivity contribution in [3.63, 3.8) is 0 Å². The summed E-state index contributed by atoms with van der Waals surface area (Å²) in [5.41, 5.74) is 1.76. The van der Waals surface area contributed by atoms with E-state index in [0.717, 1.165) is 35.8 Å². The summed E-state index contributed by atoms with van der Waals surface area (Å²) in [4.78, 5) is 19.0. The molecule has 4 rings (SSSR count). The average molecular weight is 310 g/mol. The van der Waals surface area contributed by atoms with Gasteiger partial charge < -0.3 is 15.4 Å². The molecule has 6 heteroatoms. The highest BCUT2D eigenvalue weighted by atomic mass is 16.5. The van der Waals surface area contributed by atoms with E-state index < -0.39 is 6.17 Å². The van der Waals surface area contributed by atoms with Crippen LogP contribution in [0.5, 0.6) is 5.75 Å². The fourth-order valence-electron chi connectivity index (χ4n) is 2.74. The summed E-state index contributed by atoms with van der Waals surface area (Å²) >= 11 is 0. The van der Waals surface area contributed by atoms with Gasteiger partial charge in [-0.15, -0.1) is 0 Å². The zero-order valence-corrected chi connectivity index (χ0v) is 12.8. The van der Waals surface area contributed by atoms with Crippen molar-refractivity contribution in [1.29, 1.82) is 0 Å². The number of aromatic nitrogens is 1. The Labute approximate surface area is 134 Å². The fourth-order valence-corrected chi connectivity index (χ4v) is 2.74. The predicted molar refractivity (Wildman–Crippen MR) is 87.9 cm³/mol. The summed E-state index contributed by atoms with van der Waals surface area (Å²) in [6, 6.07) is 11.7. The third-order valence-electron chi connectivity index (χ3n) is 4.09. The van der Waals surface area contributed by atoms with E-state index in [1.807, 2.05) is 41.3 Å². The second kappa shape index (κ2) is 5.46. The van der Waals surface area contributed by atoms with Crippen molar-refractivity contribution < 1.29 is 9.53 Å². The molecule has 1 aliphatic carbocycles. The normalized spacial score (nSPS) is 19.0. The van der Waals surface area contributed by atoms with Crippen molar-refractivity contribution in [2.75, 3.05) is 17.3 Å². The van der Waals surface area contributed by atoms with Crippen LogP contribution in [0.25, 0.3) is 0 Å². The van der Waals surface area contributed by atoms with E-state index in [4.69, 9.17) is 4.74 Å². The van der Waals surface area contributed by atoms with Crippen LogP contribution in [0.2, 0.25) is 0 Å². The Morgan fingerprint density at radius 2 is 2.09 bits per heavy atom. The smallest absolute Gasteiger partial charge is 0.264 e. The molecular formula is C17H18N4O2. The maximum atomic E-state index is 12.6. The number of fused-ring (bicyclic) bond motifs is 1. The number of pyridine rings is 1. The van der Waals surface area contributed by atoms with E-state index in [1.165, 1.54) is 0 Å². The first-order chi connectivity index (χ1) is 11.3. The van der Waals surface area contributed by atoms with E-state index in [1.54, 1.807) is 13.3 Å². The Morgan fingerprint density at radius 3 is 2.78 bits per heavy atom. The highest BCUT2D eigenvalue weighted by Gasteiger charge is 2.38. The number of hydrogen-bond acceptors (Lipinski definition) is 5. The summed E-state index contributed by atoms with van der Waals surface area (Å²) in [6.45, 7) is 0. The number of ether oxygens (including phenoxy) is 1. The van der Waals surface area contributed by atoms with Crippen molar-refractivity contribution in [3.8, 4) is 5.75 Å². The monoisotopic (exact) mass is 310 g/mol. The summed E-state index contributed by atoms with van der Waals surface area (Å²) in [5, 5.41) is 6.32. The van der Waals surface area contributed by atoms with Gasteiger partial charge in [-0.2, -0.15) is 0 Å². The number of methoxy groups -OCH3 is 1. The molecule has 1 amide bonds. The molecule has 0 spiro atoms. The highest BCUT2D eigenvalue weighted by Crippen LogP contribution is 2.38. The van der Waals surface area contributed by atoms with Gasteiger partial charge in [-0.05, 0) is 49.2 Å². The molecule has 2 aromatic rings. The summed E-state index contributed by atoms with van der Waals surface area (Å²) in [7, 11) is 1.63. The Hall–Kier alpha value is -2.76. The number of anilines is 3. The molecule has 0 bridgehead atoms. The number of benzene rings is 1. The van der Waals surface area contributed by atoms with Crippen molar-refractivity contribution in [2.45, 2.75) is 25.0 Å². The van der Waals surface area contributed by atoms with E-state index >= 15 is 0 Å². The standard InChI is InChI=1S/C17H18N4O2/c1-23-13-8-6-12(7-9-13)21-15-14(3-2-10-18-15)20-16(21)17(22)19-11-4-5-11/h2-3,6-11,16,20H,4-5H2,1H3,(H,19,22). The van der Waals surface area contributed by atoms with E-state index in [2.05, 4.69) is 15.6 Å². The van der Waals surface area contributed by atoms with Crippen LogP contribution in [0.1, 0.15) is 12.8 Å². The first-order valence-corrected chi connectivity index (χ1v) is 7.71. The maximum Gasteiger partial charge on any atom is 0.264 e. The summed E-state index contributed by atoms with van der Waals surface area (Å²) < 4.78 is 5.21. The minimum atomic E-state index is -0.492. The van der Waals surface area contributed by atoms with Crippen LogP contribution in [0, 0.1) is 0 Å². The Balaban J connectivity index is 1.69. The Bertz CT molecular complexity index is 728. The topological polar surface area (TPSA) is 66.5 Å². The van der Waals surface area contributed by atoms with Crippen LogP contribution >= 0.6 is 0 Å². The molecule has 0 saturated heterocycles. The molecule has 1 aromatic heterocycles. The van der Waals surface area contributed by atoms with Crippen LogP contribution < -0.4 is 20.3 Å². The lowest BCUT2D eigenvalue weighted by molar-refractivity contribution is -0.121. The lowest BCUT2D eigenvalue weighted by atomic mass is 10.2. The predicted octanol–water partition coefficient (Wildman–Crippen LogP) is 2.26. The Kier molecular flexibility index (Phi) is 3.29. The third kappa shape index (κ3) is 2.56. The van der Waals surface area contributed by atoms with Crippen LogP contribution in [-0.4, -0.2) is 30.2 Å². The van der Waals surface area contributed by atoms with Crippen molar-refractivity contribution in [1.82, 2.24) is 10.3 Å². The average Bonchev–Trinajstić information content (AvgIpc) is 3.31. The fraction of sp³-hybridized carbons (Fsp3) is 0.294. The molecule has 1 aromatic carbocycles. The second-order valence-electron chi connectivity index (χ2n) is 5.77. The summed E-state index contributed by atoms with van der Waals surface area (Å²) in [5.74, 6) is 1.51. The molecule has 23 heavy (non-hydrogen) atoms. The van der Waals surface area contributed by atoms with Gasteiger partial charge in [0, 0.05) is 17.9 Å². The lowest BCUT2D eigenvalue weighted by Crippen LogP contribution is -2.47. The number of hydrogen-bond donors (Lipinski definition) is 2. The van der Waals surface area contributed by atoms with Gasteiger partial charge in [0.15, 0.2) is 12.0 Å². The molecular weight excluding hydrogens is 292 g/mol. The van der Waals surface area contributed by atoms with Gasteiger partial charge in [0.1, 0.15) is 5.75 Å². The molecule has 2 N–H and O–H groups in total. The second-order valence-corrected chi connectivity index (χ2v) is 5.77. The van der Waals surface area contributed by atoms with Crippen LogP contribution in [0.15, 0.2) is 42.6 Å². The molecule has 1 aliphatic heterocycles. The number of amides is 1. The number of carbonyl (C=O) groups is 1. The first kappa shape index (κ1) is 13.9. The molecule has 2 heterocycles. The Morgan fingerprint density at radius 1 is 1.30 bits per heavy atom. The zero-order chi connectivity index (χ0) is 15.8. The van der Waals surface area contributed by atoms with Crippen molar-refractivity contribution >= 4 is 23.1 Å². The van der Waals surface area contributed by atoms with Gasteiger partial charge in [-0.1, -0.05) is 0 Å². The van der Waals surface area contributed by atoms with Crippen LogP contribution in [-0.2, 0) is 4.79 Å². The SMILES string of the molecule is COc1ccc(N2c3ncccc3NC2C(=O)NC2CC2)cc1. The van der Waals surface area contributed by atoms with Crippen molar-refractivity contribution in [3.05, 3.63) is 42.6 Å². The van der Waals surface area contributed by atoms with E-state index in [0.29, 0.717) is 6.04 Å².